The first-order valence-electron chi connectivity index (χ1n) is 14.9. The van der Waals surface area contributed by atoms with Gasteiger partial charge in [0.25, 0.3) is 0 Å². The second-order valence-corrected chi connectivity index (χ2v) is 13.2. The number of amides is 2. The topological polar surface area (TPSA) is 127 Å². The van der Waals surface area contributed by atoms with E-state index in [0.717, 1.165) is 5.52 Å². The molecule has 7 atom stereocenters. The van der Waals surface area contributed by atoms with Crippen LogP contribution in [0.25, 0.3) is 11.0 Å². The summed E-state index contributed by atoms with van der Waals surface area (Å²) in [6, 6.07) is 5.75. The second kappa shape index (κ2) is 12.9. The minimum atomic E-state index is -1.27. The second-order valence-electron chi connectivity index (χ2n) is 12.0. The summed E-state index contributed by atoms with van der Waals surface area (Å²) in [4.78, 5) is 45.5. The number of fused-ring (bicyclic) bond motifs is 2. The first-order chi connectivity index (χ1) is 20.7. The molecule has 3 aliphatic rings. The summed E-state index contributed by atoms with van der Waals surface area (Å²) in [5, 5.41) is 19.0. The van der Waals surface area contributed by atoms with E-state index in [1.807, 2.05) is 38.1 Å². The van der Waals surface area contributed by atoms with Gasteiger partial charge < -0.3 is 24.4 Å². The number of rotatable bonds is 14. The number of carbonyl (C=O) groups is 3. The first-order valence-corrected chi connectivity index (χ1v) is 15.8. The van der Waals surface area contributed by atoms with Gasteiger partial charge in [-0.1, -0.05) is 59.3 Å². The van der Waals surface area contributed by atoms with E-state index in [1.54, 1.807) is 21.7 Å². The van der Waals surface area contributed by atoms with Crippen molar-refractivity contribution in [3.63, 3.8) is 0 Å². The van der Waals surface area contributed by atoms with E-state index in [-0.39, 0.29) is 49.0 Å². The van der Waals surface area contributed by atoms with Crippen LogP contribution in [0.2, 0.25) is 0 Å². The maximum absolute atomic E-state index is 14.7. The standard InChI is InChI=1S/C31H40BrN5O6/c1-5-7-10-14-42-30(41)24-25-28(39)37(20(17-38)15-19(3)4)27(31(25)16-21(32)26(24)43-31)29(40)35(13-6-2)18-36-23-12-9-8-11-22(23)33-34-36/h5-6,8-9,11-12,19-21,24-27,38H,1-2,7,10,13-18H2,3-4H3/t20-,21?,24+,25+,26+,27?,31?/m1/s1. The van der Waals surface area contributed by atoms with Gasteiger partial charge in [0.2, 0.25) is 11.8 Å². The van der Waals surface area contributed by atoms with Gasteiger partial charge in [0.1, 0.15) is 23.8 Å². The van der Waals surface area contributed by atoms with E-state index in [1.165, 1.54) is 4.90 Å². The number of aromatic nitrogens is 3. The molecule has 1 N–H and O–H groups in total. The number of halogens is 1. The zero-order valence-corrected chi connectivity index (χ0v) is 26.3. The number of alkyl halides is 1. The molecule has 43 heavy (non-hydrogen) atoms. The lowest BCUT2D eigenvalue weighted by atomic mass is 9.70. The van der Waals surface area contributed by atoms with E-state index in [0.29, 0.717) is 31.2 Å². The highest BCUT2D eigenvalue weighted by atomic mass is 79.9. The number of carbonyl (C=O) groups excluding carboxylic acids is 3. The van der Waals surface area contributed by atoms with Crippen molar-refractivity contribution < 1.29 is 29.0 Å². The molecule has 0 radical (unpaired) electrons. The summed E-state index contributed by atoms with van der Waals surface area (Å²) >= 11 is 3.69. The quantitative estimate of drug-likeness (QED) is 0.142. The molecule has 1 aromatic heterocycles. The maximum atomic E-state index is 14.7. The number of benzene rings is 1. The van der Waals surface area contributed by atoms with Crippen LogP contribution in [0.3, 0.4) is 0 Å². The summed E-state index contributed by atoms with van der Waals surface area (Å²) in [6.45, 7) is 11.7. The summed E-state index contributed by atoms with van der Waals surface area (Å²) in [5.74, 6) is -2.88. The Morgan fingerprint density at radius 1 is 1.30 bits per heavy atom. The fourth-order valence-electron chi connectivity index (χ4n) is 7.06. The Bertz CT molecular complexity index is 1380. The Balaban J connectivity index is 1.54. The van der Waals surface area contributed by atoms with Crippen LogP contribution in [0.5, 0.6) is 0 Å². The van der Waals surface area contributed by atoms with E-state index < -0.39 is 41.6 Å². The van der Waals surface area contributed by atoms with Crippen molar-refractivity contribution in [3.05, 3.63) is 49.6 Å². The van der Waals surface area contributed by atoms with Gasteiger partial charge in [-0.15, -0.1) is 18.3 Å². The molecule has 11 nitrogen and oxygen atoms in total. The Hall–Kier alpha value is -3.09. The van der Waals surface area contributed by atoms with Crippen LogP contribution in [0.15, 0.2) is 49.6 Å². The van der Waals surface area contributed by atoms with E-state index >= 15 is 0 Å². The van der Waals surface area contributed by atoms with Gasteiger partial charge in [0.15, 0.2) is 0 Å². The minimum absolute atomic E-state index is 0.0640. The van der Waals surface area contributed by atoms with Crippen molar-refractivity contribution in [2.24, 2.45) is 17.8 Å². The van der Waals surface area contributed by atoms with Crippen LogP contribution in [-0.2, 0) is 30.5 Å². The van der Waals surface area contributed by atoms with Gasteiger partial charge in [-0.2, -0.15) is 0 Å². The monoisotopic (exact) mass is 657 g/mol. The molecule has 2 amide bonds. The molecule has 1 spiro atoms. The molecule has 4 heterocycles. The molecule has 3 saturated heterocycles. The van der Waals surface area contributed by atoms with Crippen molar-refractivity contribution in [1.29, 1.82) is 0 Å². The Kier molecular flexibility index (Phi) is 9.38. The lowest BCUT2D eigenvalue weighted by molar-refractivity contribution is -0.157. The normalized spacial score (nSPS) is 28.3. The molecular weight excluding hydrogens is 618 g/mol. The number of para-hydroxylation sites is 1. The first kappa shape index (κ1) is 31.3. The average molecular weight is 659 g/mol. The number of esters is 1. The number of likely N-dealkylation sites (tertiary alicyclic amines) is 1. The molecular formula is C31H40BrN5O6. The van der Waals surface area contributed by atoms with E-state index in [4.69, 9.17) is 9.47 Å². The Morgan fingerprint density at radius 3 is 2.77 bits per heavy atom. The smallest absolute Gasteiger partial charge is 0.312 e. The molecule has 0 aliphatic carbocycles. The predicted octanol–water partition coefficient (Wildman–Crippen LogP) is 3.07. The van der Waals surface area contributed by atoms with Crippen LogP contribution in [0.1, 0.15) is 39.5 Å². The lowest BCUT2D eigenvalue weighted by Crippen LogP contribution is -2.59. The SMILES string of the molecule is C=CCCCOC(=O)[C@H]1[C@H]2C(=O)N([C@@H](CO)CC(C)C)C(C(=O)N(CC=C)Cn3nnc4ccccc43)C23CC(Br)[C@@H]1O3. The molecule has 3 aliphatic heterocycles. The van der Waals surface area contributed by atoms with E-state index in [2.05, 4.69) is 39.4 Å². The third-order valence-electron chi connectivity index (χ3n) is 8.76. The highest BCUT2D eigenvalue weighted by molar-refractivity contribution is 9.09. The molecule has 232 valence electrons. The molecule has 12 heteroatoms. The van der Waals surface area contributed by atoms with Gasteiger partial charge in [-0.25, -0.2) is 4.68 Å². The fourth-order valence-corrected chi connectivity index (χ4v) is 8.00. The van der Waals surface area contributed by atoms with Crippen molar-refractivity contribution in [2.75, 3.05) is 19.8 Å². The number of allylic oxidation sites excluding steroid dienone is 1. The summed E-state index contributed by atoms with van der Waals surface area (Å²) < 4.78 is 13.9. The minimum Gasteiger partial charge on any atom is -0.465 e. The van der Waals surface area contributed by atoms with Crippen molar-refractivity contribution in [2.45, 2.75) is 74.8 Å². The maximum Gasteiger partial charge on any atom is 0.312 e. The van der Waals surface area contributed by atoms with E-state index in [9.17, 15) is 19.5 Å². The number of unbranched alkanes of at least 4 members (excludes halogenated alkanes) is 1. The number of hydrogen-bond donors (Lipinski definition) is 1. The van der Waals surface area contributed by atoms with Crippen LogP contribution < -0.4 is 0 Å². The highest BCUT2D eigenvalue weighted by Gasteiger charge is 2.77. The van der Waals surface area contributed by atoms with Crippen LogP contribution in [0, 0.1) is 17.8 Å². The number of hydrogen-bond acceptors (Lipinski definition) is 8. The number of aliphatic hydroxyl groups excluding tert-OH is 1. The number of aliphatic hydroxyl groups is 1. The predicted molar refractivity (Wildman–Crippen MR) is 163 cm³/mol. The van der Waals surface area contributed by atoms with Crippen LogP contribution in [0.4, 0.5) is 0 Å². The van der Waals surface area contributed by atoms with Crippen LogP contribution >= 0.6 is 15.9 Å². The van der Waals surface area contributed by atoms with Gasteiger partial charge in [-0.05, 0) is 43.7 Å². The molecule has 1 aromatic carbocycles. The number of ether oxygens (including phenoxy) is 2. The summed E-state index contributed by atoms with van der Waals surface area (Å²) in [6.07, 6.45) is 4.90. The summed E-state index contributed by atoms with van der Waals surface area (Å²) in [5.41, 5.74) is 0.175. The number of nitrogens with zero attached hydrogens (tertiary/aromatic N) is 5. The molecule has 3 unspecified atom stereocenters. The molecule has 0 saturated carbocycles. The Morgan fingerprint density at radius 2 is 2.07 bits per heavy atom. The molecule has 2 bridgehead atoms. The molecule has 2 aromatic rings. The molecule has 5 rings (SSSR count). The van der Waals surface area contributed by atoms with Crippen LogP contribution in [-0.4, -0.2) is 96.1 Å². The van der Waals surface area contributed by atoms with Gasteiger partial charge in [0, 0.05) is 11.4 Å². The van der Waals surface area contributed by atoms with Crippen molar-refractivity contribution in [1.82, 2.24) is 24.8 Å². The highest BCUT2D eigenvalue weighted by Crippen LogP contribution is 2.61. The largest absolute Gasteiger partial charge is 0.465 e. The van der Waals surface area contributed by atoms with Crippen molar-refractivity contribution >= 4 is 44.7 Å². The zero-order valence-electron chi connectivity index (χ0n) is 24.7. The average Bonchev–Trinajstić information content (AvgIpc) is 3.70. The molecule has 3 fully saturated rings. The van der Waals surface area contributed by atoms with Crippen molar-refractivity contribution in [3.8, 4) is 0 Å². The van der Waals surface area contributed by atoms with Gasteiger partial charge in [0.05, 0.1) is 42.7 Å². The third-order valence-corrected chi connectivity index (χ3v) is 9.61. The van der Waals surface area contributed by atoms with Gasteiger partial charge in [-0.3, -0.25) is 14.4 Å². The zero-order chi connectivity index (χ0) is 30.9. The summed E-state index contributed by atoms with van der Waals surface area (Å²) in [7, 11) is 0. The lowest BCUT2D eigenvalue weighted by Gasteiger charge is -2.39. The Labute approximate surface area is 260 Å². The fraction of sp³-hybridized carbons (Fsp3) is 0.581. The van der Waals surface area contributed by atoms with Gasteiger partial charge >= 0.3 is 5.97 Å². The third kappa shape index (κ3) is 5.53.